The van der Waals surface area contributed by atoms with Crippen molar-refractivity contribution in [2.24, 2.45) is 0 Å². The Morgan fingerprint density at radius 1 is 1.15 bits per heavy atom. The molecule has 5 nitrogen and oxygen atoms in total. The Hall–Kier alpha value is -0.200. The third-order valence-corrected chi connectivity index (χ3v) is 3.88. The lowest BCUT2D eigenvalue weighted by molar-refractivity contribution is -0.873. The number of hydrogen-bond acceptors (Lipinski definition) is 4. The SMILES string of the molecule is CC1(C)CC(OCC(O)C[N+](C)(C)C)CC(C)(C)N1O. The fourth-order valence-corrected chi connectivity index (χ4v) is 3.23. The molecule has 1 unspecified atom stereocenters. The summed E-state index contributed by atoms with van der Waals surface area (Å²) >= 11 is 0. The second kappa shape index (κ2) is 5.89. The zero-order valence-corrected chi connectivity index (χ0v) is 14.2. The third-order valence-electron chi connectivity index (χ3n) is 3.88. The molecule has 1 saturated heterocycles. The van der Waals surface area contributed by atoms with Gasteiger partial charge < -0.3 is 19.5 Å². The summed E-state index contributed by atoms with van der Waals surface area (Å²) in [7, 11) is 6.17. The van der Waals surface area contributed by atoms with Gasteiger partial charge in [0.15, 0.2) is 0 Å². The molecule has 0 radical (unpaired) electrons. The van der Waals surface area contributed by atoms with Gasteiger partial charge in [0.25, 0.3) is 0 Å². The van der Waals surface area contributed by atoms with E-state index < -0.39 is 6.10 Å². The largest absolute Gasteiger partial charge is 0.385 e. The van der Waals surface area contributed by atoms with Gasteiger partial charge in [-0.25, -0.2) is 0 Å². The van der Waals surface area contributed by atoms with Crippen molar-refractivity contribution < 1.29 is 19.5 Å². The van der Waals surface area contributed by atoms with E-state index >= 15 is 0 Å². The van der Waals surface area contributed by atoms with Crippen LogP contribution in [0.2, 0.25) is 0 Å². The normalized spacial score (nSPS) is 25.6. The molecule has 5 heteroatoms. The number of ether oxygens (including phenoxy) is 1. The van der Waals surface area contributed by atoms with Crippen LogP contribution in [0.4, 0.5) is 0 Å². The molecule has 1 heterocycles. The van der Waals surface area contributed by atoms with Gasteiger partial charge in [-0.15, -0.1) is 0 Å². The zero-order valence-electron chi connectivity index (χ0n) is 14.2. The van der Waals surface area contributed by atoms with Gasteiger partial charge in [0.2, 0.25) is 0 Å². The van der Waals surface area contributed by atoms with Gasteiger partial charge in [-0.3, -0.25) is 0 Å². The van der Waals surface area contributed by atoms with Crippen molar-refractivity contribution >= 4 is 0 Å². The van der Waals surface area contributed by atoms with Crippen LogP contribution in [-0.4, -0.2) is 77.4 Å². The lowest BCUT2D eigenvalue weighted by Gasteiger charge is -2.51. The van der Waals surface area contributed by atoms with Crippen LogP contribution in [0.5, 0.6) is 0 Å². The first-order valence-electron chi connectivity index (χ1n) is 7.43. The monoisotopic (exact) mass is 289 g/mol. The van der Waals surface area contributed by atoms with Gasteiger partial charge in [0.1, 0.15) is 12.6 Å². The molecule has 0 aromatic rings. The molecule has 0 bridgehead atoms. The average molecular weight is 289 g/mol. The Labute approximate surface area is 123 Å². The van der Waals surface area contributed by atoms with E-state index in [9.17, 15) is 10.3 Å². The van der Waals surface area contributed by atoms with Gasteiger partial charge >= 0.3 is 0 Å². The molecule has 1 rings (SSSR count). The Kier molecular flexibility index (Phi) is 5.26. The second-order valence-electron chi connectivity index (χ2n) is 8.43. The molecule has 2 N–H and O–H groups in total. The molecule has 0 spiro atoms. The summed E-state index contributed by atoms with van der Waals surface area (Å²) in [5.74, 6) is 0. The maximum absolute atomic E-state index is 10.2. The predicted octanol–water partition coefficient (Wildman–Crippen LogP) is 1.48. The molecule has 0 amide bonds. The van der Waals surface area contributed by atoms with Crippen LogP contribution in [0, 0.1) is 0 Å². The van der Waals surface area contributed by atoms with E-state index in [0.717, 1.165) is 17.3 Å². The van der Waals surface area contributed by atoms with Crippen LogP contribution in [0.1, 0.15) is 40.5 Å². The minimum absolute atomic E-state index is 0.0746. The van der Waals surface area contributed by atoms with Crippen LogP contribution in [-0.2, 0) is 4.74 Å². The van der Waals surface area contributed by atoms with Gasteiger partial charge in [-0.2, -0.15) is 5.06 Å². The number of aliphatic hydroxyl groups excluding tert-OH is 1. The standard InChI is InChI=1S/C15H33N2O3/c1-14(2)8-13(9-15(3,4)16(14)19)20-11-12(18)10-17(5,6)7/h12-13,18-19H,8-11H2,1-7H3/q+1. The van der Waals surface area contributed by atoms with Gasteiger partial charge in [0.05, 0.1) is 33.9 Å². The van der Waals surface area contributed by atoms with Crippen molar-refractivity contribution in [2.45, 2.75) is 63.8 Å². The van der Waals surface area contributed by atoms with Crippen molar-refractivity contribution in [2.75, 3.05) is 34.3 Å². The molecular formula is C15H33N2O3+. The number of hydroxylamine groups is 2. The second-order valence-corrected chi connectivity index (χ2v) is 8.43. The predicted molar refractivity (Wildman–Crippen MR) is 79.7 cm³/mol. The van der Waals surface area contributed by atoms with Crippen molar-refractivity contribution in [1.29, 1.82) is 0 Å². The number of hydrogen-bond donors (Lipinski definition) is 2. The smallest absolute Gasteiger partial charge is 0.126 e. The highest BCUT2D eigenvalue weighted by Crippen LogP contribution is 2.37. The number of rotatable bonds is 5. The van der Waals surface area contributed by atoms with E-state index in [2.05, 4.69) is 21.1 Å². The van der Waals surface area contributed by atoms with Crippen LogP contribution >= 0.6 is 0 Å². The number of piperidine rings is 1. The first-order valence-corrected chi connectivity index (χ1v) is 7.43. The molecule has 120 valence electrons. The highest BCUT2D eigenvalue weighted by molar-refractivity contribution is 4.96. The molecule has 1 aliphatic rings. The van der Waals surface area contributed by atoms with E-state index in [1.54, 1.807) is 0 Å². The minimum atomic E-state index is -0.451. The molecule has 0 aromatic heterocycles. The van der Waals surface area contributed by atoms with Crippen molar-refractivity contribution in [3.05, 3.63) is 0 Å². The summed E-state index contributed by atoms with van der Waals surface area (Å²) < 4.78 is 6.63. The van der Waals surface area contributed by atoms with Crippen LogP contribution < -0.4 is 0 Å². The van der Waals surface area contributed by atoms with Crippen molar-refractivity contribution in [3.63, 3.8) is 0 Å². The highest BCUT2D eigenvalue weighted by Gasteiger charge is 2.45. The first kappa shape index (κ1) is 17.9. The summed E-state index contributed by atoms with van der Waals surface area (Å²) in [5, 5.41) is 21.7. The van der Waals surface area contributed by atoms with E-state index in [1.165, 1.54) is 5.06 Å². The Balaban J connectivity index is 2.53. The Bertz CT molecular complexity index is 306. The zero-order chi connectivity index (χ0) is 15.8. The van der Waals surface area contributed by atoms with E-state index in [4.69, 9.17) is 4.74 Å². The first-order chi connectivity index (χ1) is 8.83. The minimum Gasteiger partial charge on any atom is -0.385 e. The highest BCUT2D eigenvalue weighted by atomic mass is 16.5. The van der Waals surface area contributed by atoms with E-state index in [0.29, 0.717) is 13.2 Å². The number of likely N-dealkylation sites (N-methyl/N-ethyl adjacent to an activating group) is 1. The van der Waals surface area contributed by atoms with Gasteiger partial charge in [0, 0.05) is 11.1 Å². The number of quaternary nitrogens is 1. The Morgan fingerprint density at radius 3 is 2.00 bits per heavy atom. The fourth-order valence-electron chi connectivity index (χ4n) is 3.23. The summed E-state index contributed by atoms with van der Waals surface area (Å²) in [6, 6.07) is 0. The average Bonchev–Trinajstić information content (AvgIpc) is 2.20. The topological polar surface area (TPSA) is 52.9 Å². The molecule has 1 atom stereocenters. The Morgan fingerprint density at radius 2 is 1.60 bits per heavy atom. The lowest BCUT2D eigenvalue weighted by Crippen LogP contribution is -2.60. The molecule has 1 fully saturated rings. The lowest BCUT2D eigenvalue weighted by atomic mass is 9.80. The maximum Gasteiger partial charge on any atom is 0.126 e. The van der Waals surface area contributed by atoms with Crippen molar-refractivity contribution in [1.82, 2.24) is 5.06 Å². The van der Waals surface area contributed by atoms with Crippen LogP contribution in [0.15, 0.2) is 0 Å². The molecule has 0 saturated carbocycles. The molecule has 0 aromatic carbocycles. The summed E-state index contributed by atoms with van der Waals surface area (Å²) in [4.78, 5) is 0. The summed E-state index contributed by atoms with van der Waals surface area (Å²) in [6.45, 7) is 9.11. The van der Waals surface area contributed by atoms with Gasteiger partial charge in [-0.1, -0.05) is 0 Å². The summed E-state index contributed by atoms with van der Waals surface area (Å²) in [6.07, 6.45) is 1.16. The fraction of sp³-hybridized carbons (Fsp3) is 1.00. The summed E-state index contributed by atoms with van der Waals surface area (Å²) in [5.41, 5.74) is -0.616. The number of aliphatic hydroxyl groups is 1. The van der Waals surface area contributed by atoms with E-state index in [-0.39, 0.29) is 17.2 Å². The molecule has 20 heavy (non-hydrogen) atoms. The van der Waals surface area contributed by atoms with Crippen molar-refractivity contribution in [3.8, 4) is 0 Å². The van der Waals surface area contributed by atoms with E-state index in [1.807, 2.05) is 27.7 Å². The quantitative estimate of drug-likeness (QED) is 0.753. The molecule has 1 aliphatic heterocycles. The molecule has 0 aliphatic carbocycles. The molecular weight excluding hydrogens is 256 g/mol. The maximum atomic E-state index is 10.2. The third kappa shape index (κ3) is 4.97. The number of nitrogens with zero attached hydrogens (tertiary/aromatic N) is 2. The van der Waals surface area contributed by atoms with Crippen LogP contribution in [0.3, 0.4) is 0 Å². The van der Waals surface area contributed by atoms with Gasteiger partial charge in [-0.05, 0) is 40.5 Å². The van der Waals surface area contributed by atoms with Crippen LogP contribution in [0.25, 0.3) is 0 Å².